The highest BCUT2D eigenvalue weighted by molar-refractivity contribution is 5.70. The lowest BCUT2D eigenvalue weighted by Crippen LogP contribution is -2.31. The second-order valence-electron chi connectivity index (χ2n) is 2.79. The van der Waals surface area contributed by atoms with Gasteiger partial charge in [-0.3, -0.25) is 4.79 Å². The third-order valence-corrected chi connectivity index (χ3v) is 2.02. The van der Waals surface area contributed by atoms with Crippen molar-refractivity contribution in [2.75, 3.05) is 13.2 Å². The zero-order chi connectivity index (χ0) is 7.56. The van der Waals surface area contributed by atoms with Gasteiger partial charge in [0.25, 0.3) is 0 Å². The molecule has 0 amide bonds. The molecule has 3 nitrogen and oxygen atoms in total. The minimum atomic E-state index is -0.729. The van der Waals surface area contributed by atoms with Crippen LogP contribution in [0.1, 0.15) is 13.3 Å². The predicted octanol–water partition coefficient (Wildman–Crippen LogP) is 0.744. The monoisotopic (exact) mass is 144 g/mol. The quantitative estimate of drug-likeness (QED) is 0.590. The Hall–Kier alpha value is -0.570. The Balaban J connectivity index is 2.47. The van der Waals surface area contributed by atoms with Gasteiger partial charge in [0.05, 0.1) is 12.5 Å². The highest BCUT2D eigenvalue weighted by Crippen LogP contribution is 2.20. The topological polar surface area (TPSA) is 46.5 Å². The van der Waals surface area contributed by atoms with Crippen LogP contribution in [0.3, 0.4) is 0 Å². The Morgan fingerprint density at radius 2 is 2.40 bits per heavy atom. The molecule has 0 aromatic rings. The van der Waals surface area contributed by atoms with Crippen LogP contribution in [-0.4, -0.2) is 24.3 Å². The maximum Gasteiger partial charge on any atom is 0.309 e. The van der Waals surface area contributed by atoms with Crippen LogP contribution < -0.4 is 0 Å². The molecule has 0 aromatic heterocycles. The normalized spacial score (nSPS) is 33.7. The molecule has 1 saturated heterocycles. The van der Waals surface area contributed by atoms with Crippen molar-refractivity contribution < 1.29 is 14.6 Å². The van der Waals surface area contributed by atoms with Crippen molar-refractivity contribution in [3.8, 4) is 0 Å². The number of hydrogen-bond acceptors (Lipinski definition) is 2. The summed E-state index contributed by atoms with van der Waals surface area (Å²) in [4.78, 5) is 10.5. The maximum atomic E-state index is 10.5. The van der Waals surface area contributed by atoms with Crippen molar-refractivity contribution in [1.29, 1.82) is 0 Å². The molecule has 1 aliphatic rings. The van der Waals surface area contributed by atoms with Crippen LogP contribution in [0.5, 0.6) is 0 Å². The van der Waals surface area contributed by atoms with Gasteiger partial charge in [0, 0.05) is 6.61 Å². The third kappa shape index (κ3) is 1.48. The Kier molecular flexibility index (Phi) is 2.27. The number of aliphatic carboxylic acids is 1. The van der Waals surface area contributed by atoms with Gasteiger partial charge in [0.2, 0.25) is 0 Å². The minimum absolute atomic E-state index is 0.270. The molecule has 1 fully saturated rings. The summed E-state index contributed by atoms with van der Waals surface area (Å²) in [7, 11) is 0. The van der Waals surface area contributed by atoms with E-state index in [9.17, 15) is 4.79 Å². The van der Waals surface area contributed by atoms with Gasteiger partial charge in [-0.05, 0) is 12.3 Å². The molecule has 2 atom stereocenters. The molecule has 3 heteroatoms. The average molecular weight is 144 g/mol. The highest BCUT2D eigenvalue weighted by atomic mass is 16.5. The maximum absolute atomic E-state index is 10.5. The van der Waals surface area contributed by atoms with E-state index >= 15 is 0 Å². The highest BCUT2D eigenvalue weighted by Gasteiger charge is 2.27. The fraction of sp³-hybridized carbons (Fsp3) is 0.857. The molecule has 1 heterocycles. The van der Waals surface area contributed by atoms with Gasteiger partial charge in [-0.2, -0.15) is 0 Å². The summed E-state index contributed by atoms with van der Waals surface area (Å²) >= 11 is 0. The molecule has 1 rings (SSSR count). The van der Waals surface area contributed by atoms with Crippen molar-refractivity contribution in [1.82, 2.24) is 0 Å². The largest absolute Gasteiger partial charge is 0.481 e. The third-order valence-electron chi connectivity index (χ3n) is 2.02. The first-order valence-electron chi connectivity index (χ1n) is 3.52. The summed E-state index contributed by atoms with van der Waals surface area (Å²) in [5, 5.41) is 8.63. The lowest BCUT2D eigenvalue weighted by atomic mass is 9.90. The zero-order valence-corrected chi connectivity index (χ0v) is 6.04. The molecular formula is C7H12O3. The van der Waals surface area contributed by atoms with Crippen molar-refractivity contribution in [2.45, 2.75) is 13.3 Å². The smallest absolute Gasteiger partial charge is 0.309 e. The van der Waals surface area contributed by atoms with Gasteiger partial charge in [0.15, 0.2) is 0 Å². The molecule has 0 bridgehead atoms. The fourth-order valence-corrected chi connectivity index (χ4v) is 1.16. The van der Waals surface area contributed by atoms with Gasteiger partial charge < -0.3 is 9.84 Å². The Labute approximate surface area is 60.0 Å². The van der Waals surface area contributed by atoms with Gasteiger partial charge in [-0.1, -0.05) is 6.92 Å². The van der Waals surface area contributed by atoms with Crippen LogP contribution >= 0.6 is 0 Å². The molecule has 0 radical (unpaired) electrons. The van der Waals surface area contributed by atoms with Crippen molar-refractivity contribution in [3.63, 3.8) is 0 Å². The van der Waals surface area contributed by atoms with Gasteiger partial charge in [-0.15, -0.1) is 0 Å². The Morgan fingerprint density at radius 3 is 2.80 bits per heavy atom. The number of carbonyl (C=O) groups is 1. The Morgan fingerprint density at radius 1 is 1.70 bits per heavy atom. The average Bonchev–Trinajstić information content (AvgIpc) is 1.88. The molecule has 1 aliphatic heterocycles. The predicted molar refractivity (Wildman–Crippen MR) is 35.7 cm³/mol. The first-order chi connectivity index (χ1) is 4.72. The van der Waals surface area contributed by atoms with Crippen molar-refractivity contribution in [2.24, 2.45) is 11.8 Å². The second kappa shape index (κ2) is 3.01. The molecule has 1 N–H and O–H groups in total. The van der Waals surface area contributed by atoms with E-state index < -0.39 is 5.97 Å². The molecule has 0 spiro atoms. The van der Waals surface area contributed by atoms with E-state index in [2.05, 4.69) is 0 Å². The van der Waals surface area contributed by atoms with Crippen molar-refractivity contribution in [3.05, 3.63) is 0 Å². The van der Waals surface area contributed by atoms with Crippen LogP contribution in [0.25, 0.3) is 0 Å². The van der Waals surface area contributed by atoms with E-state index in [1.165, 1.54) is 0 Å². The van der Waals surface area contributed by atoms with Crippen LogP contribution in [0.15, 0.2) is 0 Å². The molecule has 0 saturated carbocycles. The number of carboxylic acid groups (broad SMARTS) is 1. The number of rotatable bonds is 1. The molecule has 0 aliphatic carbocycles. The summed E-state index contributed by atoms with van der Waals surface area (Å²) in [6.45, 7) is 3.06. The van der Waals surface area contributed by atoms with E-state index in [1.807, 2.05) is 6.92 Å². The lowest BCUT2D eigenvalue weighted by Gasteiger charge is -2.24. The van der Waals surface area contributed by atoms with E-state index in [1.54, 1.807) is 0 Å². The molecule has 10 heavy (non-hydrogen) atoms. The molecule has 0 aromatic carbocycles. The summed E-state index contributed by atoms with van der Waals surface area (Å²) in [6.07, 6.45) is 0.872. The number of hydrogen-bond donors (Lipinski definition) is 1. The van der Waals surface area contributed by atoms with E-state index in [4.69, 9.17) is 9.84 Å². The van der Waals surface area contributed by atoms with Crippen molar-refractivity contribution >= 4 is 5.97 Å². The van der Waals surface area contributed by atoms with Crippen LogP contribution in [0.2, 0.25) is 0 Å². The standard InChI is InChI=1S/C7H12O3/c1-5-2-3-10-4-6(5)7(8)9/h5-6H,2-4H2,1H3,(H,8,9)/t5-,6-/m0/s1. The lowest BCUT2D eigenvalue weighted by molar-refractivity contribution is -0.148. The number of ether oxygens (including phenoxy) is 1. The van der Waals surface area contributed by atoms with E-state index in [-0.39, 0.29) is 11.8 Å². The minimum Gasteiger partial charge on any atom is -0.481 e. The van der Waals surface area contributed by atoms with Gasteiger partial charge >= 0.3 is 5.97 Å². The van der Waals surface area contributed by atoms with Gasteiger partial charge in [0.1, 0.15) is 0 Å². The first-order valence-corrected chi connectivity index (χ1v) is 3.52. The molecule has 58 valence electrons. The molecule has 0 unspecified atom stereocenters. The van der Waals surface area contributed by atoms with E-state index in [0.717, 1.165) is 6.42 Å². The Bertz CT molecular complexity index is 133. The summed E-state index contributed by atoms with van der Waals surface area (Å²) in [5.41, 5.74) is 0. The first kappa shape index (κ1) is 7.54. The summed E-state index contributed by atoms with van der Waals surface area (Å²) in [5.74, 6) is -0.743. The second-order valence-corrected chi connectivity index (χ2v) is 2.79. The fourth-order valence-electron chi connectivity index (χ4n) is 1.16. The molecular weight excluding hydrogens is 132 g/mol. The van der Waals surface area contributed by atoms with Crippen LogP contribution in [0, 0.1) is 11.8 Å². The van der Waals surface area contributed by atoms with Crippen LogP contribution in [-0.2, 0) is 9.53 Å². The zero-order valence-electron chi connectivity index (χ0n) is 6.04. The van der Waals surface area contributed by atoms with Crippen LogP contribution in [0.4, 0.5) is 0 Å². The van der Waals surface area contributed by atoms with E-state index in [0.29, 0.717) is 13.2 Å². The summed E-state index contributed by atoms with van der Waals surface area (Å²) in [6, 6.07) is 0. The van der Waals surface area contributed by atoms with Gasteiger partial charge in [-0.25, -0.2) is 0 Å². The SMILES string of the molecule is C[C@H]1CCOC[C@@H]1C(=O)O. The number of carboxylic acids is 1. The summed E-state index contributed by atoms with van der Waals surface area (Å²) < 4.78 is 5.03.